The van der Waals surface area contributed by atoms with Crippen LogP contribution in [-0.2, 0) is 15.7 Å². The Hall–Kier alpha value is -3.49. The molecule has 0 spiro atoms. The molecule has 4 aliphatic heterocycles. The normalized spacial score (nSPS) is 23.5. The van der Waals surface area contributed by atoms with Gasteiger partial charge in [-0.15, -0.1) is 11.8 Å². The number of likely N-dealkylation sites (tertiary alicyclic amines) is 1. The second-order valence-corrected chi connectivity index (χ2v) is 12.5. The van der Waals surface area contributed by atoms with E-state index in [1.807, 2.05) is 0 Å². The maximum atomic E-state index is 15.2. The molecule has 2 bridgehead atoms. The van der Waals surface area contributed by atoms with E-state index in [4.69, 9.17) is 4.74 Å². The zero-order valence-electron chi connectivity index (χ0n) is 23.4. The molecule has 7 rings (SSSR count). The number of piperazine rings is 1. The van der Waals surface area contributed by atoms with E-state index >= 15 is 4.39 Å². The molecule has 8 nitrogen and oxygen atoms in total. The second-order valence-electron chi connectivity index (χ2n) is 11.5. The maximum absolute atomic E-state index is 15.2. The summed E-state index contributed by atoms with van der Waals surface area (Å²) in [6.07, 6.45) is -2.69. The van der Waals surface area contributed by atoms with Crippen LogP contribution in [0.1, 0.15) is 18.0 Å². The zero-order valence-corrected chi connectivity index (χ0v) is 24.3. The topological polar surface area (TPSA) is 70.9 Å². The van der Waals surface area contributed by atoms with E-state index in [9.17, 15) is 27.2 Å². The quantitative estimate of drug-likeness (QED) is 0.307. The fraction of sp³-hybridized carbons (Fsp3) is 0.433. The summed E-state index contributed by atoms with van der Waals surface area (Å²) in [6.45, 7) is 6.30. The number of carbonyl (C=O) groups is 1. The molecule has 3 unspecified atom stereocenters. The van der Waals surface area contributed by atoms with Crippen molar-refractivity contribution < 1.29 is 31.5 Å². The Balaban J connectivity index is 1.43. The van der Waals surface area contributed by atoms with Crippen LogP contribution in [-0.4, -0.2) is 89.0 Å². The Morgan fingerprint density at radius 2 is 1.93 bits per heavy atom. The van der Waals surface area contributed by atoms with E-state index < -0.39 is 46.2 Å². The highest BCUT2D eigenvalue weighted by Crippen LogP contribution is 2.50. The van der Waals surface area contributed by atoms with Gasteiger partial charge in [0.2, 0.25) is 5.91 Å². The number of hydrogen-bond acceptors (Lipinski definition) is 7. The van der Waals surface area contributed by atoms with Crippen LogP contribution in [0.5, 0.6) is 0 Å². The molecule has 1 amide bonds. The van der Waals surface area contributed by atoms with Crippen LogP contribution >= 0.6 is 11.8 Å². The third-order valence-electron chi connectivity index (χ3n) is 8.96. The molecule has 3 aromatic rings. The number of ether oxygens (including phenoxy) is 1. The minimum atomic E-state index is -4.90. The fourth-order valence-corrected chi connectivity index (χ4v) is 8.21. The van der Waals surface area contributed by atoms with E-state index in [0.717, 1.165) is 36.4 Å². The maximum Gasteiger partial charge on any atom is 0.417 e. The molecule has 2 aromatic carbocycles. The molecule has 0 N–H and O–H groups in total. The first-order valence-corrected chi connectivity index (χ1v) is 15.3. The van der Waals surface area contributed by atoms with Gasteiger partial charge in [0.25, 0.3) is 0 Å². The largest absolute Gasteiger partial charge is 0.417 e. The summed E-state index contributed by atoms with van der Waals surface area (Å²) < 4.78 is 80.6. The van der Waals surface area contributed by atoms with Crippen molar-refractivity contribution >= 4 is 34.4 Å². The van der Waals surface area contributed by atoms with Crippen LogP contribution in [0.15, 0.2) is 46.6 Å². The lowest BCUT2D eigenvalue weighted by Crippen LogP contribution is -2.49. The van der Waals surface area contributed by atoms with Crippen LogP contribution in [0, 0.1) is 11.6 Å². The number of halogens is 5. The number of fused-ring (bicyclic) bond motifs is 2. The first kappa shape index (κ1) is 29.2. The number of alkyl halides is 3. The van der Waals surface area contributed by atoms with Gasteiger partial charge in [-0.2, -0.15) is 18.2 Å². The molecule has 14 heteroatoms. The predicted octanol–water partition coefficient (Wildman–Crippen LogP) is 4.32. The number of morpholine rings is 1. The van der Waals surface area contributed by atoms with E-state index in [1.54, 1.807) is 9.80 Å². The van der Waals surface area contributed by atoms with Crippen molar-refractivity contribution in [3.8, 4) is 11.1 Å². The number of aromatic nitrogens is 2. The third-order valence-corrected chi connectivity index (χ3v) is 10.2. The molecule has 3 saturated heterocycles. The van der Waals surface area contributed by atoms with Gasteiger partial charge in [-0.05, 0) is 30.7 Å². The Morgan fingerprint density at radius 1 is 1.16 bits per heavy atom. The van der Waals surface area contributed by atoms with E-state index in [0.29, 0.717) is 25.8 Å². The van der Waals surface area contributed by atoms with Crippen LogP contribution in [0.3, 0.4) is 0 Å². The second kappa shape index (κ2) is 10.8. The first-order chi connectivity index (χ1) is 21.0. The molecule has 5 heterocycles. The van der Waals surface area contributed by atoms with E-state index in [-0.39, 0.29) is 71.6 Å². The highest BCUT2D eigenvalue weighted by atomic mass is 32.2. The lowest BCUT2D eigenvalue weighted by molar-refractivity contribution is -0.137. The number of hydrogen-bond donors (Lipinski definition) is 0. The highest BCUT2D eigenvalue weighted by molar-refractivity contribution is 7.99. The Morgan fingerprint density at radius 3 is 2.57 bits per heavy atom. The monoisotopic (exact) mass is 633 g/mol. The van der Waals surface area contributed by atoms with Gasteiger partial charge in [0, 0.05) is 78.5 Å². The van der Waals surface area contributed by atoms with Crippen LogP contribution in [0.2, 0.25) is 0 Å². The van der Waals surface area contributed by atoms with Crippen molar-refractivity contribution in [3.63, 3.8) is 0 Å². The van der Waals surface area contributed by atoms with Crippen LogP contribution < -0.4 is 10.6 Å². The number of rotatable bonds is 5. The summed E-state index contributed by atoms with van der Waals surface area (Å²) in [5.41, 5.74) is -2.29. The standard InChI is InChI=1S/C30H28F5N5O3S/c1-2-24(41)37-5-7-38(8-6-37)28-21-11-22(30(33,34)35)25(20-4-3-16(31)9-23(20)32)27-26(21)40(29(42)36-28)18(15-44-27)12-39-13-19-10-17(39)14-43-19/h2-4,9,11,17-19H,1,5-8,10,12-15H2. The molecular weight excluding hydrogens is 605 g/mol. The lowest BCUT2D eigenvalue weighted by Gasteiger charge is -2.38. The smallest absolute Gasteiger partial charge is 0.375 e. The molecule has 1 aromatic heterocycles. The molecule has 4 aliphatic rings. The van der Waals surface area contributed by atoms with Gasteiger partial charge in [-0.25, -0.2) is 13.6 Å². The van der Waals surface area contributed by atoms with Gasteiger partial charge in [-0.3, -0.25) is 14.3 Å². The van der Waals surface area contributed by atoms with E-state index in [1.165, 1.54) is 10.6 Å². The summed E-state index contributed by atoms with van der Waals surface area (Å²) in [5.74, 6) is -1.96. The van der Waals surface area contributed by atoms with Crippen LogP contribution in [0.4, 0.5) is 27.8 Å². The minimum Gasteiger partial charge on any atom is -0.375 e. The average molecular weight is 634 g/mol. The number of anilines is 1. The molecule has 3 atom stereocenters. The van der Waals surface area contributed by atoms with Crippen molar-refractivity contribution in [3.05, 3.63) is 64.6 Å². The predicted molar refractivity (Wildman–Crippen MR) is 155 cm³/mol. The first-order valence-electron chi connectivity index (χ1n) is 14.3. The third kappa shape index (κ3) is 4.87. The number of benzene rings is 2. The molecular formula is C30H28F5N5O3S. The molecule has 3 fully saturated rings. The Bertz CT molecular complexity index is 1740. The van der Waals surface area contributed by atoms with Crippen molar-refractivity contribution in [2.75, 3.05) is 56.5 Å². The number of amides is 1. The van der Waals surface area contributed by atoms with Crippen molar-refractivity contribution in [2.24, 2.45) is 0 Å². The molecule has 44 heavy (non-hydrogen) atoms. The summed E-state index contributed by atoms with van der Waals surface area (Å²) in [7, 11) is 0. The lowest BCUT2D eigenvalue weighted by atomic mass is 9.95. The average Bonchev–Trinajstić information content (AvgIpc) is 3.62. The molecule has 0 saturated carbocycles. The fourth-order valence-electron chi connectivity index (χ4n) is 6.89. The number of carbonyl (C=O) groups excluding carboxylic acids is 1. The summed E-state index contributed by atoms with van der Waals surface area (Å²) >= 11 is 1.14. The van der Waals surface area contributed by atoms with Crippen molar-refractivity contribution in [2.45, 2.75) is 35.7 Å². The zero-order chi connectivity index (χ0) is 30.9. The van der Waals surface area contributed by atoms with Crippen LogP contribution in [0.25, 0.3) is 22.0 Å². The Kier molecular flexibility index (Phi) is 7.20. The summed E-state index contributed by atoms with van der Waals surface area (Å²) in [5, 5.41) is 0.116. The summed E-state index contributed by atoms with van der Waals surface area (Å²) in [4.78, 5) is 36.0. The molecule has 0 aliphatic carbocycles. The SMILES string of the molecule is C=CC(=O)N1CCN(c2nc(=O)n3c4c(c(-c5ccc(F)cc5F)c(C(F)(F)F)cc24)SCC3CN2CC3CC2CO3)CC1. The number of thioether (sulfide) groups is 1. The van der Waals surface area contributed by atoms with Gasteiger partial charge in [-0.1, -0.05) is 6.58 Å². The molecule has 232 valence electrons. The van der Waals surface area contributed by atoms with Gasteiger partial charge in [0.15, 0.2) is 0 Å². The van der Waals surface area contributed by atoms with Gasteiger partial charge >= 0.3 is 11.9 Å². The van der Waals surface area contributed by atoms with E-state index in [2.05, 4.69) is 16.5 Å². The van der Waals surface area contributed by atoms with Gasteiger partial charge in [0.1, 0.15) is 17.5 Å². The number of nitrogens with zero attached hydrogens (tertiary/aromatic N) is 5. The Labute approximate surface area is 253 Å². The van der Waals surface area contributed by atoms with Gasteiger partial charge < -0.3 is 14.5 Å². The van der Waals surface area contributed by atoms with Crippen molar-refractivity contribution in [1.29, 1.82) is 0 Å². The summed E-state index contributed by atoms with van der Waals surface area (Å²) in [6, 6.07) is 3.22. The van der Waals surface area contributed by atoms with Crippen molar-refractivity contribution in [1.82, 2.24) is 19.4 Å². The van der Waals surface area contributed by atoms with Gasteiger partial charge in [0.05, 0.1) is 29.8 Å². The minimum absolute atomic E-state index is 0.0831. The molecule has 0 radical (unpaired) electrons. The highest BCUT2D eigenvalue weighted by Gasteiger charge is 2.43.